The highest BCUT2D eigenvalue weighted by Gasteiger charge is 2.30. The summed E-state index contributed by atoms with van der Waals surface area (Å²) in [5.74, 6) is -1.34. The molecule has 27 heavy (non-hydrogen) atoms. The molecule has 0 spiro atoms. The Morgan fingerprint density at radius 3 is 2.48 bits per heavy atom. The third kappa shape index (κ3) is 4.34. The van der Waals surface area contributed by atoms with E-state index in [0.717, 1.165) is 6.07 Å². The van der Waals surface area contributed by atoms with Gasteiger partial charge in [0.15, 0.2) is 5.76 Å². The van der Waals surface area contributed by atoms with Gasteiger partial charge < -0.3 is 14.6 Å². The maximum Gasteiger partial charge on any atom is 0.287 e. The van der Waals surface area contributed by atoms with Crippen molar-refractivity contribution in [1.82, 2.24) is 14.5 Å². The lowest BCUT2D eigenvalue weighted by Crippen LogP contribution is -2.52. The number of nitrogens with zero attached hydrogens (tertiary/aromatic N) is 2. The quantitative estimate of drug-likeness (QED) is 0.803. The van der Waals surface area contributed by atoms with Gasteiger partial charge in [0, 0.05) is 26.2 Å². The molecule has 3 rings (SSSR count). The highest BCUT2D eigenvalue weighted by atomic mass is 32.2. The maximum absolute atomic E-state index is 13.3. The molecule has 0 radical (unpaired) electrons. The van der Waals surface area contributed by atoms with Gasteiger partial charge in [-0.1, -0.05) is 6.07 Å². The summed E-state index contributed by atoms with van der Waals surface area (Å²) in [7, 11) is -3.82. The second kappa shape index (κ2) is 7.89. The summed E-state index contributed by atoms with van der Waals surface area (Å²) in [6, 6.07) is 7.86. The molecule has 0 saturated carbocycles. The lowest BCUT2D eigenvalue weighted by atomic mass is 10.3. The summed E-state index contributed by atoms with van der Waals surface area (Å²) < 4.78 is 44.6. The van der Waals surface area contributed by atoms with E-state index in [4.69, 9.17) is 4.42 Å². The standard InChI is InChI=1S/C17H18FN3O5S/c18-13-3-1-4-14(11-13)27(24,25)21-8-6-20(7-9-21)16(22)12-19-17(23)15-5-2-10-26-15/h1-5,10-11H,6-9,12H2,(H,19,23). The number of carbonyl (C=O) groups is 2. The summed E-state index contributed by atoms with van der Waals surface area (Å²) in [6.45, 7) is 0.345. The minimum Gasteiger partial charge on any atom is -0.459 e. The van der Waals surface area contributed by atoms with Gasteiger partial charge in [0.25, 0.3) is 5.91 Å². The fraction of sp³-hybridized carbons (Fsp3) is 0.294. The number of amides is 2. The molecule has 1 aliphatic rings. The number of hydrogen-bond acceptors (Lipinski definition) is 5. The number of furan rings is 1. The van der Waals surface area contributed by atoms with Gasteiger partial charge in [-0.05, 0) is 30.3 Å². The van der Waals surface area contributed by atoms with E-state index in [1.165, 1.54) is 39.7 Å². The number of nitrogens with one attached hydrogen (secondary N) is 1. The molecule has 144 valence electrons. The molecule has 0 unspecified atom stereocenters. The molecule has 2 aromatic rings. The normalized spacial score (nSPS) is 15.5. The van der Waals surface area contributed by atoms with E-state index in [1.54, 1.807) is 6.07 Å². The largest absolute Gasteiger partial charge is 0.459 e. The molecule has 0 aliphatic carbocycles. The van der Waals surface area contributed by atoms with Crippen molar-refractivity contribution in [2.24, 2.45) is 0 Å². The summed E-state index contributed by atoms with van der Waals surface area (Å²) in [5.41, 5.74) is 0. The van der Waals surface area contributed by atoms with Crippen LogP contribution in [0.15, 0.2) is 52.0 Å². The first-order valence-corrected chi connectivity index (χ1v) is 9.67. The van der Waals surface area contributed by atoms with Crippen molar-refractivity contribution in [2.75, 3.05) is 32.7 Å². The highest BCUT2D eigenvalue weighted by molar-refractivity contribution is 7.89. The third-order valence-corrected chi connectivity index (χ3v) is 6.06. The van der Waals surface area contributed by atoms with Gasteiger partial charge in [0.2, 0.25) is 15.9 Å². The van der Waals surface area contributed by atoms with Crippen LogP contribution in [-0.4, -0.2) is 62.2 Å². The number of sulfonamides is 1. The molecule has 1 aromatic heterocycles. The fourth-order valence-electron chi connectivity index (χ4n) is 2.72. The van der Waals surface area contributed by atoms with E-state index in [9.17, 15) is 22.4 Å². The lowest BCUT2D eigenvalue weighted by Gasteiger charge is -2.34. The van der Waals surface area contributed by atoms with Gasteiger partial charge in [-0.3, -0.25) is 9.59 Å². The molecular weight excluding hydrogens is 377 g/mol. The minimum absolute atomic E-state index is 0.0940. The number of hydrogen-bond donors (Lipinski definition) is 1. The Kier molecular flexibility index (Phi) is 5.57. The zero-order valence-corrected chi connectivity index (χ0v) is 15.1. The summed E-state index contributed by atoms with van der Waals surface area (Å²) in [5, 5.41) is 2.46. The minimum atomic E-state index is -3.82. The smallest absolute Gasteiger partial charge is 0.287 e. The van der Waals surface area contributed by atoms with Crippen LogP contribution in [0.4, 0.5) is 4.39 Å². The second-order valence-corrected chi connectivity index (χ2v) is 7.84. The highest BCUT2D eigenvalue weighted by Crippen LogP contribution is 2.18. The molecule has 0 atom stereocenters. The maximum atomic E-state index is 13.3. The van der Waals surface area contributed by atoms with Crippen molar-refractivity contribution >= 4 is 21.8 Å². The number of benzene rings is 1. The van der Waals surface area contributed by atoms with Crippen molar-refractivity contribution in [1.29, 1.82) is 0 Å². The number of rotatable bonds is 5. The Bertz CT molecular complexity index is 922. The van der Waals surface area contributed by atoms with Gasteiger partial charge in [-0.25, -0.2) is 12.8 Å². The van der Waals surface area contributed by atoms with Gasteiger partial charge >= 0.3 is 0 Å². The zero-order valence-electron chi connectivity index (χ0n) is 14.3. The summed E-state index contributed by atoms with van der Waals surface area (Å²) >= 11 is 0. The number of piperazine rings is 1. The van der Waals surface area contributed by atoms with E-state index >= 15 is 0 Å². The SMILES string of the molecule is O=C(NCC(=O)N1CCN(S(=O)(=O)c2cccc(F)c2)CC1)c1ccco1. The third-order valence-electron chi connectivity index (χ3n) is 4.17. The average Bonchev–Trinajstić information content (AvgIpc) is 3.21. The second-order valence-electron chi connectivity index (χ2n) is 5.90. The van der Waals surface area contributed by atoms with Crippen LogP contribution in [0, 0.1) is 5.82 Å². The molecular formula is C17H18FN3O5S. The topological polar surface area (TPSA) is 99.9 Å². The van der Waals surface area contributed by atoms with Crippen LogP contribution in [0.2, 0.25) is 0 Å². The summed E-state index contributed by atoms with van der Waals surface area (Å²) in [4.78, 5) is 25.3. The molecule has 2 heterocycles. The molecule has 1 aliphatic heterocycles. The van der Waals surface area contributed by atoms with E-state index in [2.05, 4.69) is 5.32 Å². The van der Waals surface area contributed by atoms with Crippen molar-refractivity contribution in [3.05, 3.63) is 54.2 Å². The molecule has 0 bridgehead atoms. The Morgan fingerprint density at radius 1 is 1.11 bits per heavy atom. The Balaban J connectivity index is 1.54. The van der Waals surface area contributed by atoms with Gasteiger partial charge in [0.05, 0.1) is 17.7 Å². The first-order valence-electron chi connectivity index (χ1n) is 8.23. The number of halogens is 1. The van der Waals surface area contributed by atoms with Crippen molar-refractivity contribution in [3.63, 3.8) is 0 Å². The predicted molar refractivity (Wildman–Crippen MR) is 92.8 cm³/mol. The molecule has 1 saturated heterocycles. The zero-order chi connectivity index (χ0) is 19.4. The number of carbonyl (C=O) groups excluding carboxylic acids is 2. The van der Waals surface area contributed by atoms with Crippen LogP contribution >= 0.6 is 0 Å². The van der Waals surface area contributed by atoms with Crippen LogP contribution in [-0.2, 0) is 14.8 Å². The Morgan fingerprint density at radius 2 is 1.85 bits per heavy atom. The van der Waals surface area contributed by atoms with Crippen LogP contribution in [0.1, 0.15) is 10.6 Å². The van der Waals surface area contributed by atoms with Crippen molar-refractivity contribution in [2.45, 2.75) is 4.90 Å². The van der Waals surface area contributed by atoms with Crippen molar-refractivity contribution < 1.29 is 26.8 Å². The van der Waals surface area contributed by atoms with Crippen LogP contribution < -0.4 is 5.32 Å². The van der Waals surface area contributed by atoms with Gasteiger partial charge in [-0.15, -0.1) is 0 Å². The molecule has 1 N–H and O–H groups in total. The van der Waals surface area contributed by atoms with Gasteiger partial charge in [0.1, 0.15) is 5.82 Å². The van der Waals surface area contributed by atoms with Gasteiger partial charge in [-0.2, -0.15) is 4.31 Å². The van der Waals surface area contributed by atoms with E-state index < -0.39 is 21.7 Å². The Labute approximate surface area is 155 Å². The van der Waals surface area contributed by atoms with E-state index in [1.807, 2.05) is 0 Å². The van der Waals surface area contributed by atoms with Crippen LogP contribution in [0.3, 0.4) is 0 Å². The first kappa shape index (κ1) is 19.1. The first-order chi connectivity index (χ1) is 12.9. The van der Waals surface area contributed by atoms with Crippen molar-refractivity contribution in [3.8, 4) is 0 Å². The van der Waals surface area contributed by atoms with E-state index in [-0.39, 0.29) is 49.3 Å². The predicted octanol–water partition coefficient (Wildman–Crippen LogP) is 0.682. The van der Waals surface area contributed by atoms with E-state index in [0.29, 0.717) is 0 Å². The molecule has 8 nitrogen and oxygen atoms in total. The van der Waals surface area contributed by atoms with Crippen LogP contribution in [0.25, 0.3) is 0 Å². The molecule has 1 aromatic carbocycles. The molecule has 1 fully saturated rings. The Hall–Kier alpha value is -2.72. The average molecular weight is 395 g/mol. The fourth-order valence-corrected chi connectivity index (χ4v) is 4.17. The van der Waals surface area contributed by atoms with Crippen LogP contribution in [0.5, 0.6) is 0 Å². The lowest BCUT2D eigenvalue weighted by molar-refractivity contribution is -0.131. The molecule has 2 amide bonds. The summed E-state index contributed by atoms with van der Waals surface area (Å²) in [6.07, 6.45) is 1.36. The molecule has 10 heteroatoms. The monoisotopic (exact) mass is 395 g/mol.